The average molecular weight is 294 g/mol. The Bertz CT molecular complexity index is 640. The summed E-state index contributed by atoms with van der Waals surface area (Å²) in [6, 6.07) is 9.76. The summed E-state index contributed by atoms with van der Waals surface area (Å²) in [4.78, 5) is 0. The van der Waals surface area contributed by atoms with E-state index in [1.165, 1.54) is 11.1 Å². The van der Waals surface area contributed by atoms with Gasteiger partial charge in [-0.05, 0) is 31.0 Å². The highest BCUT2D eigenvalue weighted by molar-refractivity contribution is 6.42. The van der Waals surface area contributed by atoms with Crippen LogP contribution in [-0.4, -0.2) is 6.54 Å². The lowest BCUT2D eigenvalue weighted by Gasteiger charge is -2.20. The van der Waals surface area contributed by atoms with Crippen LogP contribution in [0, 0.1) is 6.92 Å². The Hall–Kier alpha value is -1.38. The summed E-state index contributed by atoms with van der Waals surface area (Å²) in [5, 5.41) is 4.35. The van der Waals surface area contributed by atoms with Gasteiger partial charge in [-0.3, -0.25) is 0 Å². The number of ether oxygens (including phenoxy) is 1. The lowest BCUT2D eigenvalue weighted by Crippen LogP contribution is -2.10. The van der Waals surface area contributed by atoms with Crippen LogP contribution in [0.2, 0.25) is 10.0 Å². The van der Waals surface area contributed by atoms with E-state index >= 15 is 0 Å². The molecule has 2 aromatic carbocycles. The first kappa shape index (κ1) is 12.6. The highest BCUT2D eigenvalue weighted by Crippen LogP contribution is 2.39. The first-order valence-corrected chi connectivity index (χ1v) is 6.89. The number of fused-ring (bicyclic) bond motifs is 2. The lowest BCUT2D eigenvalue weighted by molar-refractivity contribution is 0.475. The van der Waals surface area contributed by atoms with Crippen molar-refractivity contribution in [1.82, 2.24) is 0 Å². The molecule has 1 N–H and O–H groups in total. The molecule has 0 unspecified atom stereocenters. The van der Waals surface area contributed by atoms with E-state index in [0.717, 1.165) is 24.4 Å². The molecule has 0 bridgehead atoms. The van der Waals surface area contributed by atoms with Crippen molar-refractivity contribution in [2.24, 2.45) is 0 Å². The van der Waals surface area contributed by atoms with Crippen molar-refractivity contribution < 1.29 is 4.74 Å². The van der Waals surface area contributed by atoms with Gasteiger partial charge in [0.15, 0.2) is 5.75 Å². The van der Waals surface area contributed by atoms with Gasteiger partial charge in [0, 0.05) is 12.6 Å². The quantitative estimate of drug-likeness (QED) is 0.733. The Balaban J connectivity index is 2.08. The molecule has 0 saturated carbocycles. The average Bonchev–Trinajstić information content (AvgIpc) is 2.35. The first-order valence-electron chi connectivity index (χ1n) is 6.14. The summed E-state index contributed by atoms with van der Waals surface area (Å²) in [6.45, 7) is 2.92. The van der Waals surface area contributed by atoms with Crippen molar-refractivity contribution in [3.05, 3.63) is 51.5 Å². The molecule has 0 aliphatic carbocycles. The van der Waals surface area contributed by atoms with Gasteiger partial charge in [0.05, 0.1) is 15.7 Å². The van der Waals surface area contributed by atoms with Crippen LogP contribution < -0.4 is 10.1 Å². The molecule has 0 saturated heterocycles. The van der Waals surface area contributed by atoms with Crippen LogP contribution in [0.5, 0.6) is 11.5 Å². The summed E-state index contributed by atoms with van der Waals surface area (Å²) in [7, 11) is 0. The lowest BCUT2D eigenvalue weighted by atomic mass is 10.1. The number of anilines is 1. The first-order chi connectivity index (χ1) is 9.13. The Morgan fingerprint density at radius 2 is 1.84 bits per heavy atom. The standard InChI is InChI=1S/C15H13Cl2NO/c1-9-2-3-14-10(6-9)4-5-18-13-7-11(16)12(17)8-15(13)19-14/h2-3,6-8,18H,4-5H2,1H3. The molecule has 0 fully saturated rings. The van der Waals surface area contributed by atoms with Gasteiger partial charge in [0.25, 0.3) is 0 Å². The molecule has 0 atom stereocenters. The molecule has 98 valence electrons. The molecular formula is C15H13Cl2NO. The maximum Gasteiger partial charge on any atom is 0.152 e. The van der Waals surface area contributed by atoms with Crippen molar-refractivity contribution in [1.29, 1.82) is 0 Å². The molecule has 3 rings (SSSR count). The van der Waals surface area contributed by atoms with E-state index in [2.05, 4.69) is 18.3 Å². The zero-order valence-electron chi connectivity index (χ0n) is 10.5. The highest BCUT2D eigenvalue weighted by Gasteiger charge is 2.14. The van der Waals surface area contributed by atoms with Crippen molar-refractivity contribution >= 4 is 28.9 Å². The number of rotatable bonds is 0. The topological polar surface area (TPSA) is 21.3 Å². The van der Waals surface area contributed by atoms with Crippen molar-refractivity contribution in [3.63, 3.8) is 0 Å². The minimum Gasteiger partial charge on any atom is -0.455 e. The van der Waals surface area contributed by atoms with Crippen molar-refractivity contribution in [3.8, 4) is 11.5 Å². The summed E-state index contributed by atoms with van der Waals surface area (Å²) >= 11 is 12.1. The largest absolute Gasteiger partial charge is 0.455 e. The zero-order chi connectivity index (χ0) is 13.4. The maximum absolute atomic E-state index is 6.05. The second-order valence-electron chi connectivity index (χ2n) is 4.65. The van der Waals surface area contributed by atoms with E-state index in [9.17, 15) is 0 Å². The predicted molar refractivity (Wildman–Crippen MR) is 79.9 cm³/mol. The summed E-state index contributed by atoms with van der Waals surface area (Å²) in [6.07, 6.45) is 0.913. The van der Waals surface area contributed by atoms with Crippen LogP contribution in [0.15, 0.2) is 30.3 Å². The fraction of sp³-hybridized carbons (Fsp3) is 0.200. The zero-order valence-corrected chi connectivity index (χ0v) is 12.0. The Morgan fingerprint density at radius 1 is 1.05 bits per heavy atom. The summed E-state index contributed by atoms with van der Waals surface area (Å²) < 4.78 is 5.97. The summed E-state index contributed by atoms with van der Waals surface area (Å²) in [5.74, 6) is 1.59. The smallest absolute Gasteiger partial charge is 0.152 e. The molecule has 0 aromatic heterocycles. The van der Waals surface area contributed by atoms with E-state index < -0.39 is 0 Å². The second-order valence-corrected chi connectivity index (χ2v) is 5.47. The van der Waals surface area contributed by atoms with Crippen molar-refractivity contribution in [2.45, 2.75) is 13.3 Å². The van der Waals surface area contributed by atoms with Gasteiger partial charge in [0.1, 0.15) is 5.75 Å². The fourth-order valence-electron chi connectivity index (χ4n) is 2.20. The number of nitrogens with one attached hydrogen (secondary N) is 1. The third kappa shape index (κ3) is 2.51. The molecule has 19 heavy (non-hydrogen) atoms. The fourth-order valence-corrected chi connectivity index (χ4v) is 2.52. The molecule has 0 radical (unpaired) electrons. The molecule has 1 heterocycles. The van der Waals surface area contributed by atoms with Gasteiger partial charge in [-0.1, -0.05) is 40.9 Å². The Morgan fingerprint density at radius 3 is 2.68 bits per heavy atom. The van der Waals surface area contributed by atoms with Gasteiger partial charge >= 0.3 is 0 Å². The van der Waals surface area contributed by atoms with Gasteiger partial charge in [-0.2, -0.15) is 0 Å². The Labute approximate surface area is 122 Å². The molecular weight excluding hydrogens is 281 g/mol. The van der Waals surface area contributed by atoms with Gasteiger partial charge in [0.2, 0.25) is 0 Å². The maximum atomic E-state index is 6.05. The summed E-state index contributed by atoms with van der Waals surface area (Å²) in [5.41, 5.74) is 3.31. The van der Waals surface area contributed by atoms with Gasteiger partial charge < -0.3 is 10.1 Å². The van der Waals surface area contributed by atoms with E-state index in [0.29, 0.717) is 15.8 Å². The minimum atomic E-state index is 0.497. The van der Waals surface area contributed by atoms with Crippen LogP contribution in [0.25, 0.3) is 0 Å². The van der Waals surface area contributed by atoms with Crippen LogP contribution >= 0.6 is 23.2 Å². The molecule has 1 aliphatic rings. The van der Waals surface area contributed by atoms with Crippen LogP contribution in [0.3, 0.4) is 0 Å². The van der Waals surface area contributed by atoms with Crippen LogP contribution in [0.1, 0.15) is 11.1 Å². The third-order valence-electron chi connectivity index (χ3n) is 3.17. The molecule has 2 aromatic rings. The normalized spacial score (nSPS) is 13.4. The van der Waals surface area contributed by atoms with E-state index in [4.69, 9.17) is 27.9 Å². The molecule has 4 heteroatoms. The number of hydrogen-bond acceptors (Lipinski definition) is 2. The Kier molecular flexibility index (Phi) is 3.29. The second kappa shape index (κ2) is 4.95. The van der Waals surface area contributed by atoms with E-state index in [1.807, 2.05) is 12.1 Å². The van der Waals surface area contributed by atoms with E-state index in [1.54, 1.807) is 12.1 Å². The number of benzene rings is 2. The molecule has 0 amide bonds. The number of hydrogen-bond donors (Lipinski definition) is 1. The molecule has 1 aliphatic heterocycles. The number of aryl methyl sites for hydroxylation is 1. The van der Waals surface area contributed by atoms with Crippen LogP contribution in [-0.2, 0) is 6.42 Å². The monoisotopic (exact) mass is 293 g/mol. The van der Waals surface area contributed by atoms with Gasteiger partial charge in [-0.25, -0.2) is 0 Å². The van der Waals surface area contributed by atoms with Crippen LogP contribution in [0.4, 0.5) is 5.69 Å². The van der Waals surface area contributed by atoms with Crippen molar-refractivity contribution in [2.75, 3.05) is 11.9 Å². The number of halogens is 2. The molecule has 2 nitrogen and oxygen atoms in total. The molecule has 0 spiro atoms. The SMILES string of the molecule is Cc1ccc2c(c1)CCNc1cc(Cl)c(Cl)cc1O2. The highest BCUT2D eigenvalue weighted by atomic mass is 35.5. The van der Waals surface area contributed by atoms with Gasteiger partial charge in [-0.15, -0.1) is 0 Å². The predicted octanol–water partition coefficient (Wildman–Crippen LogP) is 5.06. The minimum absolute atomic E-state index is 0.497. The van der Waals surface area contributed by atoms with E-state index in [-0.39, 0.29) is 0 Å². The third-order valence-corrected chi connectivity index (χ3v) is 3.89.